The Balaban J connectivity index is 3.01. The zero-order valence-corrected chi connectivity index (χ0v) is 6.15. The summed E-state index contributed by atoms with van der Waals surface area (Å²) < 4.78 is 0. The molecule has 1 aromatic heterocycles. The Labute approximate surface area is 63.6 Å². The molecule has 48 valence electrons. The van der Waals surface area contributed by atoms with Crippen molar-refractivity contribution < 1.29 is 0 Å². The molecule has 0 unspecified atom stereocenters. The standard InChI is InChI=1S/C6H5Cl2N/c7-3-5-1-2-9-4-6(5)8/h1-2,4H,3H2. The molecule has 0 bridgehead atoms. The fraction of sp³-hybridized carbons (Fsp3) is 0.167. The number of pyridine rings is 1. The number of hydrogen-bond donors (Lipinski definition) is 0. The lowest BCUT2D eigenvalue weighted by Crippen LogP contribution is -1.79. The molecule has 0 saturated heterocycles. The van der Waals surface area contributed by atoms with E-state index in [1.165, 1.54) is 0 Å². The number of hydrogen-bond acceptors (Lipinski definition) is 1. The maximum atomic E-state index is 5.68. The highest BCUT2D eigenvalue weighted by molar-refractivity contribution is 6.32. The van der Waals surface area contributed by atoms with E-state index in [0.29, 0.717) is 10.9 Å². The summed E-state index contributed by atoms with van der Waals surface area (Å²) in [6, 6.07) is 1.80. The summed E-state index contributed by atoms with van der Waals surface area (Å²) in [5.41, 5.74) is 0.924. The van der Waals surface area contributed by atoms with Gasteiger partial charge in [-0.25, -0.2) is 0 Å². The smallest absolute Gasteiger partial charge is 0.0633 e. The number of nitrogens with zero attached hydrogens (tertiary/aromatic N) is 1. The van der Waals surface area contributed by atoms with E-state index < -0.39 is 0 Å². The van der Waals surface area contributed by atoms with Crippen molar-refractivity contribution in [1.82, 2.24) is 4.98 Å². The summed E-state index contributed by atoms with van der Waals surface area (Å²) in [6.45, 7) is 0. The van der Waals surface area contributed by atoms with Crippen molar-refractivity contribution in [3.63, 3.8) is 0 Å². The predicted molar refractivity (Wildman–Crippen MR) is 38.8 cm³/mol. The van der Waals surface area contributed by atoms with Crippen molar-refractivity contribution in [3.8, 4) is 0 Å². The van der Waals surface area contributed by atoms with E-state index in [4.69, 9.17) is 23.2 Å². The van der Waals surface area contributed by atoms with Gasteiger partial charge < -0.3 is 0 Å². The van der Waals surface area contributed by atoms with Gasteiger partial charge in [0.25, 0.3) is 0 Å². The average Bonchev–Trinajstić information content (AvgIpc) is 1.89. The van der Waals surface area contributed by atoms with Gasteiger partial charge in [0.1, 0.15) is 0 Å². The van der Waals surface area contributed by atoms with Gasteiger partial charge in [0.15, 0.2) is 0 Å². The van der Waals surface area contributed by atoms with E-state index in [-0.39, 0.29) is 0 Å². The maximum Gasteiger partial charge on any atom is 0.0633 e. The van der Waals surface area contributed by atoms with Crippen LogP contribution in [0.25, 0.3) is 0 Å². The molecule has 1 nitrogen and oxygen atoms in total. The molecule has 0 aliphatic rings. The van der Waals surface area contributed by atoms with Gasteiger partial charge in [0.2, 0.25) is 0 Å². The van der Waals surface area contributed by atoms with Crippen molar-refractivity contribution in [2.45, 2.75) is 5.88 Å². The molecule has 0 atom stereocenters. The Kier molecular flexibility index (Phi) is 2.31. The maximum absolute atomic E-state index is 5.68. The first kappa shape index (κ1) is 6.84. The van der Waals surface area contributed by atoms with Crippen molar-refractivity contribution >= 4 is 23.2 Å². The van der Waals surface area contributed by atoms with E-state index >= 15 is 0 Å². The lowest BCUT2D eigenvalue weighted by molar-refractivity contribution is 1.27. The average molecular weight is 162 g/mol. The molecule has 0 aliphatic carbocycles. The first-order chi connectivity index (χ1) is 4.34. The van der Waals surface area contributed by atoms with Crippen LogP contribution in [0.4, 0.5) is 0 Å². The van der Waals surface area contributed by atoms with Gasteiger partial charge >= 0.3 is 0 Å². The molecule has 0 fully saturated rings. The van der Waals surface area contributed by atoms with Crippen molar-refractivity contribution in [2.24, 2.45) is 0 Å². The second-order valence-corrected chi connectivity index (χ2v) is 2.28. The van der Waals surface area contributed by atoms with Crippen LogP contribution in [0, 0.1) is 0 Å². The van der Waals surface area contributed by atoms with Crippen molar-refractivity contribution in [1.29, 1.82) is 0 Å². The van der Waals surface area contributed by atoms with E-state index in [1.807, 2.05) is 0 Å². The SMILES string of the molecule is ClCc1ccncc1Cl. The van der Waals surface area contributed by atoms with Crippen LogP contribution in [0.5, 0.6) is 0 Å². The summed E-state index contributed by atoms with van der Waals surface area (Å²) >= 11 is 11.2. The molecule has 0 aliphatic heterocycles. The third-order valence-electron chi connectivity index (χ3n) is 1.00. The molecular formula is C6H5Cl2N. The lowest BCUT2D eigenvalue weighted by Gasteiger charge is -1.94. The lowest BCUT2D eigenvalue weighted by atomic mass is 10.3. The largest absolute Gasteiger partial charge is 0.263 e. The highest BCUT2D eigenvalue weighted by Gasteiger charge is 1.94. The Hall–Kier alpha value is -0.270. The van der Waals surface area contributed by atoms with Gasteiger partial charge in [-0.3, -0.25) is 4.98 Å². The second kappa shape index (κ2) is 3.04. The molecule has 0 spiro atoms. The van der Waals surface area contributed by atoms with E-state index in [1.54, 1.807) is 18.5 Å². The van der Waals surface area contributed by atoms with Crippen LogP contribution in [0.2, 0.25) is 5.02 Å². The zero-order valence-electron chi connectivity index (χ0n) is 4.64. The van der Waals surface area contributed by atoms with Gasteiger partial charge in [-0.05, 0) is 11.6 Å². The number of rotatable bonds is 1. The minimum atomic E-state index is 0.446. The minimum absolute atomic E-state index is 0.446. The summed E-state index contributed by atoms with van der Waals surface area (Å²) in [4.78, 5) is 3.80. The molecule has 0 amide bonds. The molecule has 0 N–H and O–H groups in total. The van der Waals surface area contributed by atoms with Crippen LogP contribution in [-0.4, -0.2) is 4.98 Å². The highest BCUT2D eigenvalue weighted by atomic mass is 35.5. The van der Waals surface area contributed by atoms with Crippen molar-refractivity contribution in [3.05, 3.63) is 29.0 Å². The molecular weight excluding hydrogens is 157 g/mol. The fourth-order valence-electron chi connectivity index (χ4n) is 0.512. The van der Waals surface area contributed by atoms with Gasteiger partial charge in [-0.2, -0.15) is 0 Å². The molecule has 1 heterocycles. The summed E-state index contributed by atoms with van der Waals surface area (Å²) in [5, 5.41) is 0.632. The molecule has 1 aromatic rings. The molecule has 9 heavy (non-hydrogen) atoms. The first-order valence-corrected chi connectivity index (χ1v) is 3.40. The molecule has 0 saturated carbocycles. The van der Waals surface area contributed by atoms with Gasteiger partial charge in [0.05, 0.1) is 5.02 Å². The van der Waals surface area contributed by atoms with Gasteiger partial charge in [-0.15, -0.1) is 11.6 Å². The van der Waals surface area contributed by atoms with Gasteiger partial charge in [-0.1, -0.05) is 11.6 Å². The monoisotopic (exact) mass is 161 g/mol. The van der Waals surface area contributed by atoms with E-state index in [0.717, 1.165) is 5.56 Å². The number of alkyl halides is 1. The third kappa shape index (κ3) is 1.57. The minimum Gasteiger partial charge on any atom is -0.263 e. The van der Waals surface area contributed by atoms with Crippen LogP contribution in [0.1, 0.15) is 5.56 Å². The third-order valence-corrected chi connectivity index (χ3v) is 1.63. The Morgan fingerprint density at radius 3 is 2.78 bits per heavy atom. The van der Waals surface area contributed by atoms with Crippen LogP contribution in [0.15, 0.2) is 18.5 Å². The van der Waals surface area contributed by atoms with Crippen molar-refractivity contribution in [2.75, 3.05) is 0 Å². The topological polar surface area (TPSA) is 12.9 Å². The van der Waals surface area contributed by atoms with Crippen LogP contribution in [-0.2, 0) is 5.88 Å². The fourth-order valence-corrected chi connectivity index (χ4v) is 1.000. The van der Waals surface area contributed by atoms with E-state index in [2.05, 4.69) is 4.98 Å². The van der Waals surface area contributed by atoms with Crippen LogP contribution in [0.3, 0.4) is 0 Å². The van der Waals surface area contributed by atoms with Crippen LogP contribution < -0.4 is 0 Å². The Morgan fingerprint density at radius 1 is 1.56 bits per heavy atom. The molecule has 0 radical (unpaired) electrons. The highest BCUT2D eigenvalue weighted by Crippen LogP contribution is 2.14. The molecule has 3 heteroatoms. The van der Waals surface area contributed by atoms with E-state index in [9.17, 15) is 0 Å². The Morgan fingerprint density at radius 2 is 2.33 bits per heavy atom. The zero-order chi connectivity index (χ0) is 6.69. The quantitative estimate of drug-likeness (QED) is 0.578. The molecule has 1 rings (SSSR count). The van der Waals surface area contributed by atoms with Crippen LogP contribution >= 0.6 is 23.2 Å². The predicted octanol–water partition coefficient (Wildman–Crippen LogP) is 2.47. The Bertz CT molecular complexity index is 200. The molecule has 0 aromatic carbocycles. The number of halogens is 2. The summed E-state index contributed by atoms with van der Waals surface area (Å²) in [7, 11) is 0. The second-order valence-electron chi connectivity index (χ2n) is 1.60. The van der Waals surface area contributed by atoms with Gasteiger partial charge in [0, 0.05) is 18.3 Å². The summed E-state index contributed by atoms with van der Waals surface area (Å²) in [6.07, 6.45) is 3.25. The normalized spacial score (nSPS) is 9.56. The summed E-state index contributed by atoms with van der Waals surface area (Å²) in [5.74, 6) is 0.446. The first-order valence-electron chi connectivity index (χ1n) is 2.49. The number of aromatic nitrogens is 1.